The highest BCUT2D eigenvalue weighted by atomic mass is 32.1. The van der Waals surface area contributed by atoms with Crippen molar-refractivity contribution in [3.05, 3.63) is 35.7 Å². The van der Waals surface area contributed by atoms with E-state index in [1.165, 1.54) is 18.0 Å². The van der Waals surface area contributed by atoms with Crippen LogP contribution in [0.1, 0.15) is 30.7 Å². The lowest BCUT2D eigenvalue weighted by atomic mass is 9.84. The Labute approximate surface area is 158 Å². The maximum absolute atomic E-state index is 12.4. The Morgan fingerprint density at radius 2 is 2.08 bits per heavy atom. The summed E-state index contributed by atoms with van der Waals surface area (Å²) in [5.74, 6) is 2.33. The molecule has 1 aromatic heterocycles. The summed E-state index contributed by atoms with van der Waals surface area (Å²) < 4.78 is 9.79. The van der Waals surface area contributed by atoms with Crippen LogP contribution in [0.15, 0.2) is 24.3 Å². The lowest BCUT2D eigenvalue weighted by molar-refractivity contribution is -0.138. The second-order valence-electron chi connectivity index (χ2n) is 6.96. The average molecular weight is 372 g/mol. The lowest BCUT2D eigenvalue weighted by Crippen LogP contribution is -2.51. The first-order valence-electron chi connectivity index (χ1n) is 9.22. The van der Waals surface area contributed by atoms with Crippen molar-refractivity contribution in [2.75, 3.05) is 38.2 Å². The number of carbonyl (C=O) groups is 1. The zero-order valence-electron chi connectivity index (χ0n) is 15.1. The predicted octanol–water partition coefficient (Wildman–Crippen LogP) is 2.59. The Bertz CT molecular complexity index is 766. The molecular weight excluding hydrogens is 348 g/mol. The quantitative estimate of drug-likeness (QED) is 0.807. The minimum absolute atomic E-state index is 0.289. The molecule has 1 saturated carbocycles. The summed E-state index contributed by atoms with van der Waals surface area (Å²) in [4.78, 5) is 21.3. The van der Waals surface area contributed by atoms with Crippen molar-refractivity contribution in [3.8, 4) is 5.75 Å². The summed E-state index contributed by atoms with van der Waals surface area (Å²) in [6.45, 7) is 3.26. The number of aromatic nitrogens is 2. The largest absolute Gasteiger partial charge is 0.497 e. The highest BCUT2D eigenvalue weighted by Crippen LogP contribution is 2.29. The minimum atomic E-state index is 0.289. The van der Waals surface area contributed by atoms with E-state index >= 15 is 0 Å². The molecule has 0 unspecified atom stereocenters. The van der Waals surface area contributed by atoms with E-state index in [4.69, 9.17) is 9.72 Å². The van der Waals surface area contributed by atoms with E-state index in [1.54, 1.807) is 7.11 Å². The van der Waals surface area contributed by atoms with Gasteiger partial charge in [-0.15, -0.1) is 0 Å². The average Bonchev–Trinajstić information content (AvgIpc) is 3.09. The molecule has 0 bridgehead atoms. The van der Waals surface area contributed by atoms with Gasteiger partial charge in [-0.1, -0.05) is 18.6 Å². The van der Waals surface area contributed by atoms with E-state index in [0.717, 1.165) is 61.3 Å². The number of rotatable bonds is 5. The topological polar surface area (TPSA) is 58.6 Å². The molecule has 4 rings (SSSR count). The van der Waals surface area contributed by atoms with Gasteiger partial charge in [0.2, 0.25) is 11.0 Å². The van der Waals surface area contributed by atoms with Crippen molar-refractivity contribution < 1.29 is 9.53 Å². The van der Waals surface area contributed by atoms with Gasteiger partial charge in [0.05, 0.1) is 7.11 Å². The molecule has 2 aromatic rings. The molecule has 1 aliphatic heterocycles. The molecule has 1 aliphatic carbocycles. The molecule has 6 nitrogen and oxygen atoms in total. The van der Waals surface area contributed by atoms with E-state index in [2.05, 4.69) is 15.3 Å². The third kappa shape index (κ3) is 3.67. The maximum atomic E-state index is 12.4. The van der Waals surface area contributed by atoms with Crippen LogP contribution in [-0.4, -0.2) is 53.5 Å². The normalized spacial score (nSPS) is 17.9. The van der Waals surface area contributed by atoms with Crippen LogP contribution in [0.3, 0.4) is 0 Å². The number of anilines is 1. The maximum Gasteiger partial charge on any atom is 0.225 e. The van der Waals surface area contributed by atoms with Crippen LogP contribution in [0, 0.1) is 5.92 Å². The molecular formula is C19H24N4O2S. The molecule has 1 amide bonds. The smallest absolute Gasteiger partial charge is 0.225 e. The highest BCUT2D eigenvalue weighted by Gasteiger charge is 2.31. The SMILES string of the molecule is COc1cccc(Cc2nsc(N3CCN(C(=O)C4CCC4)CC3)n2)c1. The highest BCUT2D eigenvalue weighted by molar-refractivity contribution is 7.09. The van der Waals surface area contributed by atoms with Crippen molar-refractivity contribution >= 4 is 22.6 Å². The second-order valence-corrected chi connectivity index (χ2v) is 7.69. The number of methoxy groups -OCH3 is 1. The van der Waals surface area contributed by atoms with Crippen LogP contribution in [-0.2, 0) is 11.2 Å². The van der Waals surface area contributed by atoms with Crippen LogP contribution in [0.4, 0.5) is 5.13 Å². The molecule has 138 valence electrons. The number of piperazine rings is 1. The van der Waals surface area contributed by atoms with Gasteiger partial charge in [0, 0.05) is 50.1 Å². The van der Waals surface area contributed by atoms with Crippen LogP contribution in [0.2, 0.25) is 0 Å². The first kappa shape index (κ1) is 17.3. The molecule has 7 heteroatoms. The van der Waals surface area contributed by atoms with Gasteiger partial charge in [0.15, 0.2) is 0 Å². The zero-order chi connectivity index (χ0) is 17.9. The number of carbonyl (C=O) groups excluding carboxylic acids is 1. The molecule has 0 spiro atoms. The molecule has 2 aliphatic rings. The van der Waals surface area contributed by atoms with Gasteiger partial charge in [-0.05, 0) is 30.5 Å². The van der Waals surface area contributed by atoms with E-state index in [9.17, 15) is 4.79 Å². The van der Waals surface area contributed by atoms with Gasteiger partial charge in [-0.2, -0.15) is 4.37 Å². The van der Waals surface area contributed by atoms with Crippen molar-refractivity contribution in [1.29, 1.82) is 0 Å². The Morgan fingerprint density at radius 3 is 2.77 bits per heavy atom. The monoisotopic (exact) mass is 372 g/mol. The standard InChI is InChI=1S/C19H24N4O2S/c1-25-16-7-2-4-14(12-16)13-17-20-19(26-21-17)23-10-8-22(9-11-23)18(24)15-5-3-6-15/h2,4,7,12,15H,3,5-6,8-11,13H2,1H3. The number of hydrogen-bond acceptors (Lipinski definition) is 6. The number of hydrogen-bond donors (Lipinski definition) is 0. The number of nitrogens with zero attached hydrogens (tertiary/aromatic N) is 4. The molecule has 26 heavy (non-hydrogen) atoms. The first-order chi connectivity index (χ1) is 12.7. The fraction of sp³-hybridized carbons (Fsp3) is 0.526. The lowest BCUT2D eigenvalue weighted by Gasteiger charge is -2.38. The molecule has 1 aromatic carbocycles. The second kappa shape index (κ2) is 7.61. The summed E-state index contributed by atoms with van der Waals surface area (Å²) in [7, 11) is 1.67. The molecule has 1 saturated heterocycles. The minimum Gasteiger partial charge on any atom is -0.497 e. The summed E-state index contributed by atoms with van der Waals surface area (Å²) in [6.07, 6.45) is 4.05. The van der Waals surface area contributed by atoms with Crippen LogP contribution in [0.5, 0.6) is 5.75 Å². The van der Waals surface area contributed by atoms with E-state index in [0.29, 0.717) is 12.3 Å². The van der Waals surface area contributed by atoms with Crippen molar-refractivity contribution in [2.24, 2.45) is 5.92 Å². The van der Waals surface area contributed by atoms with Crippen LogP contribution in [0.25, 0.3) is 0 Å². The van der Waals surface area contributed by atoms with Gasteiger partial charge in [0.1, 0.15) is 11.6 Å². The molecule has 0 atom stereocenters. The predicted molar refractivity (Wildman–Crippen MR) is 102 cm³/mol. The molecule has 2 fully saturated rings. The van der Waals surface area contributed by atoms with Gasteiger partial charge < -0.3 is 14.5 Å². The Hall–Kier alpha value is -2.15. The van der Waals surface area contributed by atoms with Gasteiger partial charge in [-0.25, -0.2) is 4.98 Å². The molecule has 0 radical (unpaired) electrons. The summed E-state index contributed by atoms with van der Waals surface area (Å²) in [5, 5.41) is 0.957. The van der Waals surface area contributed by atoms with E-state index < -0.39 is 0 Å². The first-order valence-corrected chi connectivity index (χ1v) is 9.99. The van der Waals surface area contributed by atoms with E-state index in [1.807, 2.05) is 23.1 Å². The Kier molecular flexibility index (Phi) is 5.06. The molecule has 0 N–H and O–H groups in total. The Balaban J connectivity index is 1.34. The summed E-state index contributed by atoms with van der Waals surface area (Å²) in [5.41, 5.74) is 1.14. The molecule has 2 heterocycles. The third-order valence-corrected chi connectivity index (χ3v) is 6.08. The zero-order valence-corrected chi connectivity index (χ0v) is 15.9. The van der Waals surface area contributed by atoms with E-state index in [-0.39, 0.29) is 5.92 Å². The number of amides is 1. The van der Waals surface area contributed by atoms with Gasteiger partial charge in [-0.3, -0.25) is 4.79 Å². The van der Waals surface area contributed by atoms with Crippen molar-refractivity contribution in [3.63, 3.8) is 0 Å². The third-order valence-electron chi connectivity index (χ3n) is 5.27. The summed E-state index contributed by atoms with van der Waals surface area (Å²) in [6, 6.07) is 8.01. The fourth-order valence-electron chi connectivity index (χ4n) is 3.44. The van der Waals surface area contributed by atoms with Crippen LogP contribution >= 0.6 is 11.5 Å². The van der Waals surface area contributed by atoms with Crippen molar-refractivity contribution in [1.82, 2.24) is 14.3 Å². The summed E-state index contributed by atoms with van der Waals surface area (Å²) >= 11 is 1.45. The van der Waals surface area contributed by atoms with Gasteiger partial charge >= 0.3 is 0 Å². The number of benzene rings is 1. The van der Waals surface area contributed by atoms with Crippen molar-refractivity contribution in [2.45, 2.75) is 25.7 Å². The van der Waals surface area contributed by atoms with Gasteiger partial charge in [0.25, 0.3) is 0 Å². The van der Waals surface area contributed by atoms with Crippen LogP contribution < -0.4 is 9.64 Å². The number of ether oxygens (including phenoxy) is 1. The Morgan fingerprint density at radius 1 is 1.27 bits per heavy atom. The fourth-order valence-corrected chi connectivity index (χ4v) is 4.18.